The monoisotopic (exact) mass is 307 g/mol. The average Bonchev–Trinajstić information content (AvgIpc) is 3.08. The Balaban J connectivity index is 1.85. The van der Waals surface area contributed by atoms with E-state index in [1.54, 1.807) is 0 Å². The highest BCUT2D eigenvalue weighted by atomic mass is 16.1. The molecule has 1 aliphatic carbocycles. The summed E-state index contributed by atoms with van der Waals surface area (Å²) in [6.07, 6.45) is 5.65. The van der Waals surface area contributed by atoms with Crippen LogP contribution in [0.1, 0.15) is 25.3 Å². The van der Waals surface area contributed by atoms with Crippen LogP contribution < -0.4 is 5.32 Å². The van der Waals surface area contributed by atoms with Gasteiger partial charge in [0, 0.05) is 35.7 Å². The number of piperidine rings is 1. The Hall–Kier alpha value is -1.87. The standard InChI is InChI=1S/C20H22N2O/c1-3-13-11-22(2)9-8-20-16-6-4-5-7-17(16)21-19(20)15(12-23)14(13)10-18(20)22/h3-7,12,14,18H,8-11H2,1-2H3/p+1/t14-,18-,20?,22+/m0/s1. The fourth-order valence-electron chi connectivity index (χ4n) is 6.07. The van der Waals surface area contributed by atoms with Crippen molar-refractivity contribution in [2.45, 2.75) is 31.2 Å². The molecule has 0 saturated carbocycles. The number of benzene rings is 1. The lowest BCUT2D eigenvalue weighted by molar-refractivity contribution is -0.923. The van der Waals surface area contributed by atoms with Crippen LogP contribution in [0.2, 0.25) is 0 Å². The Bertz CT molecular complexity index is 793. The van der Waals surface area contributed by atoms with E-state index in [4.69, 9.17) is 0 Å². The quantitative estimate of drug-likeness (QED) is 0.491. The van der Waals surface area contributed by atoms with Crippen LogP contribution >= 0.6 is 0 Å². The van der Waals surface area contributed by atoms with Gasteiger partial charge in [-0.2, -0.15) is 0 Å². The molecule has 2 saturated heterocycles. The summed E-state index contributed by atoms with van der Waals surface area (Å²) >= 11 is 0. The first-order valence-corrected chi connectivity index (χ1v) is 8.70. The van der Waals surface area contributed by atoms with Crippen LogP contribution in [0.5, 0.6) is 0 Å². The smallest absolute Gasteiger partial charge is 0.148 e. The fraction of sp³-hybridized carbons (Fsp3) is 0.450. The van der Waals surface area contributed by atoms with Crippen molar-refractivity contribution in [1.82, 2.24) is 0 Å². The molecule has 2 fully saturated rings. The molecule has 0 radical (unpaired) electrons. The Morgan fingerprint density at radius 2 is 2.17 bits per heavy atom. The van der Waals surface area contributed by atoms with Crippen LogP contribution in [0.4, 0.5) is 5.69 Å². The number of carbonyl (C=O) groups is 1. The second-order valence-corrected chi connectivity index (χ2v) is 7.87. The van der Waals surface area contributed by atoms with E-state index < -0.39 is 0 Å². The minimum Gasteiger partial charge on any atom is -0.357 e. The Kier molecular flexibility index (Phi) is 2.45. The molecular weight excluding hydrogens is 284 g/mol. The first kappa shape index (κ1) is 13.6. The van der Waals surface area contributed by atoms with Crippen molar-refractivity contribution in [3.8, 4) is 0 Å². The summed E-state index contributed by atoms with van der Waals surface area (Å²) in [7, 11) is 2.42. The number of rotatable bonds is 1. The minimum atomic E-state index is 0.0390. The van der Waals surface area contributed by atoms with Crippen molar-refractivity contribution in [3.05, 3.63) is 52.7 Å². The first-order valence-electron chi connectivity index (χ1n) is 8.70. The molecule has 0 aromatic heterocycles. The summed E-state index contributed by atoms with van der Waals surface area (Å²) in [6, 6.07) is 9.27. The number of quaternary nitrogens is 1. The Morgan fingerprint density at radius 3 is 2.96 bits per heavy atom. The summed E-state index contributed by atoms with van der Waals surface area (Å²) in [5.74, 6) is 0.316. The second kappa shape index (κ2) is 4.15. The van der Waals surface area contributed by atoms with Crippen molar-refractivity contribution in [3.63, 3.8) is 0 Å². The lowest BCUT2D eigenvalue weighted by atomic mass is 9.61. The van der Waals surface area contributed by atoms with Gasteiger partial charge in [0.15, 0.2) is 0 Å². The third kappa shape index (κ3) is 1.38. The molecule has 23 heavy (non-hydrogen) atoms. The maximum Gasteiger partial charge on any atom is 0.148 e. The normalized spacial score (nSPS) is 41.6. The summed E-state index contributed by atoms with van der Waals surface area (Å²) in [6.45, 7) is 4.42. The molecule has 4 atom stereocenters. The number of nitrogens with zero attached hydrogens (tertiary/aromatic N) is 1. The van der Waals surface area contributed by atoms with Gasteiger partial charge in [0.2, 0.25) is 0 Å². The number of hydrogen-bond donors (Lipinski definition) is 1. The number of carbonyl (C=O) groups excluding carboxylic acids is 1. The summed E-state index contributed by atoms with van der Waals surface area (Å²) in [4.78, 5) is 12.0. The molecule has 2 bridgehead atoms. The highest BCUT2D eigenvalue weighted by Gasteiger charge is 2.67. The van der Waals surface area contributed by atoms with Gasteiger partial charge in [0.1, 0.15) is 18.9 Å². The van der Waals surface area contributed by atoms with Gasteiger partial charge in [-0.3, -0.25) is 4.79 Å². The number of para-hydroxylation sites is 1. The molecule has 1 unspecified atom stereocenters. The summed E-state index contributed by atoms with van der Waals surface area (Å²) in [5, 5.41) is 3.66. The third-order valence-electron chi connectivity index (χ3n) is 7.06. The van der Waals surface area contributed by atoms with Crippen molar-refractivity contribution in [2.24, 2.45) is 5.92 Å². The van der Waals surface area contributed by atoms with Crippen molar-refractivity contribution < 1.29 is 9.28 Å². The molecule has 1 spiro atoms. The van der Waals surface area contributed by atoms with Gasteiger partial charge in [0.25, 0.3) is 0 Å². The van der Waals surface area contributed by atoms with E-state index in [-0.39, 0.29) is 5.41 Å². The van der Waals surface area contributed by atoms with Crippen molar-refractivity contribution in [2.75, 3.05) is 25.5 Å². The number of aldehydes is 1. The highest BCUT2D eigenvalue weighted by Crippen LogP contribution is 2.62. The second-order valence-electron chi connectivity index (χ2n) is 7.87. The lowest BCUT2D eigenvalue weighted by Crippen LogP contribution is -2.61. The first-order chi connectivity index (χ1) is 11.1. The van der Waals surface area contributed by atoms with Crippen LogP contribution in [0.25, 0.3) is 0 Å². The van der Waals surface area contributed by atoms with Crippen molar-refractivity contribution >= 4 is 12.0 Å². The molecule has 1 N–H and O–H groups in total. The molecule has 5 rings (SSSR count). The molecule has 118 valence electrons. The largest absolute Gasteiger partial charge is 0.357 e. The molecule has 1 aromatic rings. The number of nitrogens with one attached hydrogen (secondary N) is 1. The van der Waals surface area contributed by atoms with E-state index in [0.717, 1.165) is 35.7 Å². The van der Waals surface area contributed by atoms with Crippen LogP contribution in [0, 0.1) is 5.92 Å². The molecular formula is C20H23N2O+. The molecule has 1 aromatic carbocycles. The van der Waals surface area contributed by atoms with Crippen LogP contribution in [-0.2, 0) is 10.2 Å². The van der Waals surface area contributed by atoms with E-state index in [9.17, 15) is 4.79 Å². The van der Waals surface area contributed by atoms with E-state index in [1.807, 2.05) is 0 Å². The van der Waals surface area contributed by atoms with E-state index in [1.165, 1.54) is 29.1 Å². The number of likely N-dealkylation sites (N-methyl/N-ethyl adjacent to an activating group) is 1. The zero-order chi connectivity index (χ0) is 15.8. The summed E-state index contributed by atoms with van der Waals surface area (Å²) < 4.78 is 1.13. The minimum absolute atomic E-state index is 0.0390. The van der Waals surface area contributed by atoms with Gasteiger partial charge >= 0.3 is 0 Å². The number of anilines is 1. The molecule has 3 aliphatic heterocycles. The van der Waals surface area contributed by atoms with Gasteiger partial charge in [-0.05, 0) is 24.1 Å². The van der Waals surface area contributed by atoms with Gasteiger partial charge in [-0.25, -0.2) is 0 Å². The maximum atomic E-state index is 12.0. The molecule has 0 amide bonds. The summed E-state index contributed by atoms with van der Waals surface area (Å²) in [5.41, 5.74) is 6.35. The third-order valence-corrected chi connectivity index (χ3v) is 7.06. The molecule has 3 heterocycles. The Morgan fingerprint density at radius 1 is 1.35 bits per heavy atom. The predicted molar refractivity (Wildman–Crippen MR) is 91.0 cm³/mol. The Labute approximate surface area is 137 Å². The van der Waals surface area contributed by atoms with Crippen molar-refractivity contribution in [1.29, 1.82) is 0 Å². The molecule has 3 nitrogen and oxygen atoms in total. The van der Waals surface area contributed by atoms with E-state index in [0.29, 0.717) is 12.0 Å². The van der Waals surface area contributed by atoms with Crippen LogP contribution in [0.15, 0.2) is 47.2 Å². The van der Waals surface area contributed by atoms with E-state index >= 15 is 0 Å². The molecule has 4 aliphatic rings. The van der Waals surface area contributed by atoms with Gasteiger partial charge in [0.05, 0.1) is 19.0 Å². The number of hydrogen-bond acceptors (Lipinski definition) is 2. The highest BCUT2D eigenvalue weighted by molar-refractivity contribution is 5.84. The lowest BCUT2D eigenvalue weighted by Gasteiger charge is -2.51. The van der Waals surface area contributed by atoms with Crippen LogP contribution in [-0.4, -0.2) is 36.9 Å². The SMILES string of the molecule is CC=C1C[N@@+]2(C)CCC34C(=C(C=O)[C@H]1C[C@@H]32)Nc1ccccc14. The van der Waals surface area contributed by atoms with Gasteiger partial charge < -0.3 is 9.80 Å². The average molecular weight is 307 g/mol. The topological polar surface area (TPSA) is 29.1 Å². The fourth-order valence-corrected chi connectivity index (χ4v) is 6.07. The maximum absolute atomic E-state index is 12.0. The van der Waals surface area contributed by atoms with Gasteiger partial charge in [-0.1, -0.05) is 24.3 Å². The number of fused-ring (bicyclic) bond motifs is 2. The van der Waals surface area contributed by atoms with Crippen LogP contribution in [0.3, 0.4) is 0 Å². The zero-order valence-electron chi connectivity index (χ0n) is 13.8. The number of allylic oxidation sites excluding steroid dienone is 2. The van der Waals surface area contributed by atoms with Gasteiger partial charge in [-0.15, -0.1) is 0 Å². The van der Waals surface area contributed by atoms with E-state index in [2.05, 4.69) is 49.6 Å². The predicted octanol–water partition coefficient (Wildman–Crippen LogP) is 3.00. The molecule has 3 heteroatoms. The zero-order valence-corrected chi connectivity index (χ0v) is 13.8.